The Hall–Kier alpha value is -3.45. The van der Waals surface area contributed by atoms with Crippen LogP contribution in [0, 0.1) is 12.3 Å². The summed E-state index contributed by atoms with van der Waals surface area (Å²) >= 11 is 1.32. The standard InChI is InChI=1S/C23H20N2O4S/c1-4-14-12(2)30-22(19(14)23(27)28-3)25-21(26)17-11-16-15-8-6-5-7-13(15)9-10-18(16)29-20(17)24/h5-11,24H,4H2,1-3H3,(H,25,26). The van der Waals surface area contributed by atoms with E-state index >= 15 is 0 Å². The number of amides is 1. The van der Waals surface area contributed by atoms with Gasteiger partial charge in [0.15, 0.2) is 0 Å². The monoisotopic (exact) mass is 420 g/mol. The van der Waals surface area contributed by atoms with Crippen molar-refractivity contribution in [1.29, 1.82) is 5.41 Å². The number of carbonyl (C=O) groups is 2. The Labute approximate surface area is 176 Å². The van der Waals surface area contributed by atoms with Crippen LogP contribution in [0.3, 0.4) is 0 Å². The molecule has 0 spiro atoms. The molecular formula is C23H20N2O4S. The predicted octanol–water partition coefficient (Wildman–Crippen LogP) is 5.04. The average Bonchev–Trinajstić information content (AvgIpc) is 3.06. The lowest BCUT2D eigenvalue weighted by Crippen LogP contribution is -2.21. The molecule has 152 valence electrons. The second-order valence-electron chi connectivity index (χ2n) is 6.83. The second-order valence-corrected chi connectivity index (χ2v) is 8.05. The van der Waals surface area contributed by atoms with Gasteiger partial charge in [-0.05, 0) is 41.8 Å². The molecule has 2 aromatic carbocycles. The molecule has 0 fully saturated rings. The Morgan fingerprint density at radius 3 is 2.67 bits per heavy atom. The third kappa shape index (κ3) is 3.27. The first-order chi connectivity index (χ1) is 14.4. The summed E-state index contributed by atoms with van der Waals surface area (Å²) in [5, 5.41) is 14.1. The summed E-state index contributed by atoms with van der Waals surface area (Å²) in [5.74, 6) is -1.00. The Bertz CT molecular complexity index is 1370. The maximum Gasteiger partial charge on any atom is 0.341 e. The van der Waals surface area contributed by atoms with Crippen LogP contribution >= 0.6 is 11.3 Å². The molecule has 0 saturated heterocycles. The van der Waals surface area contributed by atoms with Gasteiger partial charge >= 0.3 is 5.97 Å². The van der Waals surface area contributed by atoms with Crippen LogP contribution in [-0.4, -0.2) is 19.0 Å². The molecule has 0 aliphatic carbocycles. The van der Waals surface area contributed by atoms with Gasteiger partial charge in [0.05, 0.1) is 12.7 Å². The highest BCUT2D eigenvalue weighted by Crippen LogP contribution is 2.34. The Morgan fingerprint density at radius 1 is 1.17 bits per heavy atom. The lowest BCUT2D eigenvalue weighted by Gasteiger charge is -2.08. The van der Waals surface area contributed by atoms with Crippen LogP contribution in [0.1, 0.15) is 38.1 Å². The van der Waals surface area contributed by atoms with Gasteiger partial charge in [0.1, 0.15) is 16.1 Å². The number of hydrogen-bond acceptors (Lipinski definition) is 6. The zero-order valence-electron chi connectivity index (χ0n) is 16.8. The van der Waals surface area contributed by atoms with E-state index in [1.165, 1.54) is 18.4 Å². The minimum atomic E-state index is -0.507. The smallest absolute Gasteiger partial charge is 0.341 e. The highest BCUT2D eigenvalue weighted by Gasteiger charge is 2.24. The van der Waals surface area contributed by atoms with E-state index < -0.39 is 11.9 Å². The number of fused-ring (bicyclic) bond motifs is 3. The Kier molecular flexibility index (Phi) is 5.13. The number of aryl methyl sites for hydroxylation is 1. The molecule has 7 heteroatoms. The maximum absolute atomic E-state index is 13.1. The molecule has 6 nitrogen and oxygen atoms in total. The molecule has 30 heavy (non-hydrogen) atoms. The van der Waals surface area contributed by atoms with Gasteiger partial charge in [-0.1, -0.05) is 37.3 Å². The molecule has 0 unspecified atom stereocenters. The van der Waals surface area contributed by atoms with Crippen LogP contribution in [0.15, 0.2) is 46.9 Å². The quantitative estimate of drug-likeness (QED) is 0.357. The van der Waals surface area contributed by atoms with Gasteiger partial charge in [-0.25, -0.2) is 4.79 Å². The topological polar surface area (TPSA) is 92.4 Å². The van der Waals surface area contributed by atoms with Gasteiger partial charge in [0.25, 0.3) is 5.91 Å². The van der Waals surface area contributed by atoms with E-state index in [1.807, 2.05) is 44.2 Å². The summed E-state index contributed by atoms with van der Waals surface area (Å²) in [5.41, 5.74) is 1.61. The zero-order valence-corrected chi connectivity index (χ0v) is 17.6. The number of benzene rings is 2. The third-order valence-electron chi connectivity index (χ3n) is 5.10. The van der Waals surface area contributed by atoms with Crippen molar-refractivity contribution in [2.45, 2.75) is 20.3 Å². The summed E-state index contributed by atoms with van der Waals surface area (Å²) in [6.07, 6.45) is 0.642. The van der Waals surface area contributed by atoms with Gasteiger partial charge in [-0.15, -0.1) is 11.3 Å². The maximum atomic E-state index is 13.1. The van der Waals surface area contributed by atoms with E-state index in [9.17, 15) is 9.59 Å². The van der Waals surface area contributed by atoms with E-state index in [1.54, 1.807) is 12.1 Å². The van der Waals surface area contributed by atoms with Gasteiger partial charge < -0.3 is 14.5 Å². The van der Waals surface area contributed by atoms with Crippen LogP contribution in [0.2, 0.25) is 0 Å². The number of ether oxygens (including phenoxy) is 1. The van der Waals surface area contributed by atoms with Crippen molar-refractivity contribution in [1.82, 2.24) is 0 Å². The Morgan fingerprint density at radius 2 is 1.93 bits per heavy atom. The largest absolute Gasteiger partial charge is 0.465 e. The first-order valence-corrected chi connectivity index (χ1v) is 10.3. The van der Waals surface area contributed by atoms with E-state index in [0.29, 0.717) is 22.6 Å². The van der Waals surface area contributed by atoms with Crippen LogP contribution in [0.5, 0.6) is 0 Å². The number of rotatable bonds is 4. The number of methoxy groups -OCH3 is 1. The SMILES string of the molecule is CCc1c(C)sc(NC(=O)c2cc3c(ccc4ccccc43)oc2=N)c1C(=O)OC. The second kappa shape index (κ2) is 7.76. The van der Waals surface area contributed by atoms with E-state index in [0.717, 1.165) is 26.6 Å². The number of anilines is 1. The Balaban J connectivity index is 1.81. The van der Waals surface area contributed by atoms with Gasteiger partial charge in [0.2, 0.25) is 5.55 Å². The first kappa shape index (κ1) is 19.8. The summed E-state index contributed by atoms with van der Waals surface area (Å²) in [4.78, 5) is 26.3. The summed E-state index contributed by atoms with van der Waals surface area (Å²) < 4.78 is 10.5. The first-order valence-electron chi connectivity index (χ1n) is 9.46. The van der Waals surface area contributed by atoms with Crippen molar-refractivity contribution in [3.63, 3.8) is 0 Å². The number of nitrogens with one attached hydrogen (secondary N) is 2. The van der Waals surface area contributed by atoms with Crippen molar-refractivity contribution in [3.8, 4) is 0 Å². The van der Waals surface area contributed by atoms with Crippen molar-refractivity contribution in [2.24, 2.45) is 0 Å². The van der Waals surface area contributed by atoms with Crippen LogP contribution in [0.25, 0.3) is 21.7 Å². The van der Waals surface area contributed by atoms with Crippen molar-refractivity contribution < 1.29 is 18.7 Å². The fourth-order valence-electron chi connectivity index (χ4n) is 3.64. The molecule has 0 saturated carbocycles. The highest BCUT2D eigenvalue weighted by molar-refractivity contribution is 7.16. The fourth-order valence-corrected chi connectivity index (χ4v) is 4.77. The summed E-state index contributed by atoms with van der Waals surface area (Å²) in [7, 11) is 1.32. The van der Waals surface area contributed by atoms with Gasteiger partial charge in [-0.2, -0.15) is 0 Å². The molecule has 2 heterocycles. The van der Waals surface area contributed by atoms with Crippen LogP contribution in [-0.2, 0) is 11.2 Å². The molecule has 0 bridgehead atoms. The molecule has 0 aliphatic rings. The van der Waals surface area contributed by atoms with Gasteiger partial charge in [0, 0.05) is 10.3 Å². The summed E-state index contributed by atoms with van der Waals surface area (Å²) in [6, 6.07) is 13.2. The molecule has 0 atom stereocenters. The van der Waals surface area contributed by atoms with Crippen molar-refractivity contribution in [3.05, 3.63) is 69.6 Å². The van der Waals surface area contributed by atoms with E-state index in [-0.39, 0.29) is 11.1 Å². The number of esters is 1. The number of thiophene rings is 1. The molecule has 4 aromatic rings. The van der Waals surface area contributed by atoms with E-state index in [4.69, 9.17) is 14.6 Å². The minimum Gasteiger partial charge on any atom is -0.465 e. The fraction of sp³-hybridized carbons (Fsp3) is 0.174. The number of carbonyl (C=O) groups excluding carboxylic acids is 2. The molecule has 4 rings (SSSR count). The van der Waals surface area contributed by atoms with Crippen molar-refractivity contribution in [2.75, 3.05) is 12.4 Å². The predicted molar refractivity (Wildman–Crippen MR) is 117 cm³/mol. The molecule has 1 amide bonds. The minimum absolute atomic E-state index is 0.0961. The lowest BCUT2D eigenvalue weighted by atomic mass is 10.0. The molecule has 2 N–H and O–H groups in total. The van der Waals surface area contributed by atoms with Crippen LogP contribution < -0.4 is 10.9 Å². The molecule has 0 radical (unpaired) electrons. The third-order valence-corrected chi connectivity index (χ3v) is 6.16. The highest BCUT2D eigenvalue weighted by atomic mass is 32.1. The lowest BCUT2D eigenvalue weighted by molar-refractivity contribution is 0.0601. The average molecular weight is 420 g/mol. The molecule has 0 aliphatic heterocycles. The zero-order chi connectivity index (χ0) is 21.4. The van der Waals surface area contributed by atoms with Crippen molar-refractivity contribution >= 4 is 50.0 Å². The molecule has 2 aromatic heterocycles. The van der Waals surface area contributed by atoms with Crippen LogP contribution in [0.4, 0.5) is 5.00 Å². The number of hydrogen-bond donors (Lipinski definition) is 2. The van der Waals surface area contributed by atoms with Gasteiger partial charge in [-0.3, -0.25) is 10.2 Å². The van der Waals surface area contributed by atoms with E-state index in [2.05, 4.69) is 5.32 Å². The normalized spacial score (nSPS) is 11.0. The summed E-state index contributed by atoms with van der Waals surface area (Å²) in [6.45, 7) is 3.85. The molecular weight excluding hydrogens is 400 g/mol.